The highest BCUT2D eigenvalue weighted by Gasteiger charge is 2.17. The highest BCUT2D eigenvalue weighted by molar-refractivity contribution is 7.22. The summed E-state index contributed by atoms with van der Waals surface area (Å²) in [6.07, 6.45) is 0. The van der Waals surface area contributed by atoms with Crippen molar-refractivity contribution in [2.45, 2.75) is 0 Å². The Morgan fingerprint density at radius 2 is 1.55 bits per heavy atom. The first-order chi connectivity index (χ1) is 14.0. The highest BCUT2D eigenvalue weighted by Crippen LogP contribution is 2.33. The summed E-state index contributed by atoms with van der Waals surface area (Å²) in [5.41, 5.74) is 1.14. The van der Waals surface area contributed by atoms with Gasteiger partial charge in [-0.25, -0.2) is 0 Å². The Labute approximate surface area is 169 Å². The molecule has 142 valence electrons. The number of nitrogens with zero attached hydrogens (tertiary/aromatic N) is 1. The van der Waals surface area contributed by atoms with E-state index in [4.69, 9.17) is 0 Å². The van der Waals surface area contributed by atoms with Crippen LogP contribution >= 0.6 is 11.3 Å². The van der Waals surface area contributed by atoms with Crippen LogP contribution in [0.4, 0.5) is 10.7 Å². The molecule has 1 aromatic heterocycles. The topological polar surface area (TPSA) is 89.3 Å². The summed E-state index contributed by atoms with van der Waals surface area (Å²) in [7, 11) is 0. The van der Waals surface area contributed by atoms with Gasteiger partial charge in [-0.2, -0.15) is 0 Å². The van der Waals surface area contributed by atoms with E-state index in [-0.39, 0.29) is 16.7 Å². The van der Waals surface area contributed by atoms with Gasteiger partial charge in [0.15, 0.2) is 5.43 Å². The molecular weight excluding hydrogens is 388 g/mol. The van der Waals surface area contributed by atoms with E-state index in [1.807, 2.05) is 42.5 Å². The number of anilines is 1. The molecule has 0 aliphatic heterocycles. The molecule has 0 radical (unpaired) electrons. The fourth-order valence-electron chi connectivity index (χ4n) is 3.01. The van der Waals surface area contributed by atoms with Crippen LogP contribution in [-0.2, 0) is 0 Å². The van der Waals surface area contributed by atoms with E-state index < -0.39 is 10.8 Å². The molecule has 4 rings (SSSR count). The standard InChI is InChI=1S/C22H14N2O4S/c25-20-17-8-4-5-9-18(17)29-22(19(20)14-6-2-1-3-7-14)23-21(26)15-10-12-16(13-11-15)24(27)28/h1-13H,(H,23,26). The molecule has 0 aliphatic carbocycles. The van der Waals surface area contributed by atoms with Crippen LogP contribution in [0, 0.1) is 10.1 Å². The maximum Gasteiger partial charge on any atom is 0.269 e. The molecule has 0 aliphatic rings. The number of nitro groups is 1. The number of fused-ring (bicyclic) bond motifs is 1. The van der Waals surface area contributed by atoms with E-state index in [0.717, 1.165) is 4.70 Å². The van der Waals surface area contributed by atoms with E-state index in [2.05, 4.69) is 5.32 Å². The van der Waals surface area contributed by atoms with Crippen molar-refractivity contribution in [3.05, 3.63) is 105 Å². The molecule has 0 unspecified atom stereocenters. The van der Waals surface area contributed by atoms with Gasteiger partial charge in [0.1, 0.15) is 5.00 Å². The number of rotatable bonds is 4. The molecule has 7 heteroatoms. The van der Waals surface area contributed by atoms with Crippen LogP contribution in [0.25, 0.3) is 21.2 Å². The predicted octanol–water partition coefficient (Wildman–Crippen LogP) is 5.09. The summed E-state index contributed by atoms with van der Waals surface area (Å²) in [5.74, 6) is -0.442. The van der Waals surface area contributed by atoms with E-state index in [0.29, 0.717) is 21.5 Å². The molecule has 1 N–H and O–H groups in total. The van der Waals surface area contributed by atoms with Crippen molar-refractivity contribution in [1.82, 2.24) is 0 Å². The Hall–Kier alpha value is -3.84. The van der Waals surface area contributed by atoms with Gasteiger partial charge in [0, 0.05) is 27.8 Å². The number of carbonyl (C=O) groups is 1. The first-order valence-electron chi connectivity index (χ1n) is 8.71. The van der Waals surface area contributed by atoms with Crippen molar-refractivity contribution in [1.29, 1.82) is 0 Å². The maximum atomic E-state index is 13.2. The molecule has 0 bridgehead atoms. The summed E-state index contributed by atoms with van der Waals surface area (Å²) < 4.78 is 0.760. The third-order valence-corrected chi connectivity index (χ3v) is 5.51. The summed E-state index contributed by atoms with van der Waals surface area (Å²) in [5, 5.41) is 14.6. The Morgan fingerprint density at radius 3 is 2.24 bits per heavy atom. The second kappa shape index (κ2) is 7.65. The number of hydrogen-bond acceptors (Lipinski definition) is 5. The first-order valence-corrected chi connectivity index (χ1v) is 9.53. The molecule has 0 fully saturated rings. The predicted molar refractivity (Wildman–Crippen MR) is 115 cm³/mol. The van der Waals surface area contributed by atoms with Crippen LogP contribution in [0.3, 0.4) is 0 Å². The lowest BCUT2D eigenvalue weighted by Crippen LogP contribution is -2.15. The molecule has 0 saturated heterocycles. The third-order valence-electron chi connectivity index (χ3n) is 4.43. The van der Waals surface area contributed by atoms with Crippen LogP contribution in [0.2, 0.25) is 0 Å². The number of nitrogens with one attached hydrogen (secondary N) is 1. The van der Waals surface area contributed by atoms with Crippen molar-refractivity contribution in [3.8, 4) is 11.1 Å². The number of carbonyl (C=O) groups excluding carboxylic acids is 1. The summed E-state index contributed by atoms with van der Waals surface area (Å²) >= 11 is 1.31. The van der Waals surface area contributed by atoms with Gasteiger partial charge >= 0.3 is 0 Å². The summed E-state index contributed by atoms with van der Waals surface area (Å²) in [4.78, 5) is 36.2. The zero-order chi connectivity index (χ0) is 20.4. The third kappa shape index (κ3) is 3.63. The number of amides is 1. The lowest BCUT2D eigenvalue weighted by Gasteiger charge is -2.12. The molecule has 1 heterocycles. The Morgan fingerprint density at radius 1 is 0.897 bits per heavy atom. The first kappa shape index (κ1) is 18.5. The van der Waals surface area contributed by atoms with Gasteiger partial charge < -0.3 is 5.32 Å². The zero-order valence-corrected chi connectivity index (χ0v) is 15.8. The second-order valence-corrected chi connectivity index (χ2v) is 7.31. The van der Waals surface area contributed by atoms with Gasteiger partial charge in [0.25, 0.3) is 11.6 Å². The zero-order valence-electron chi connectivity index (χ0n) is 15.0. The van der Waals surface area contributed by atoms with Gasteiger partial charge in [-0.1, -0.05) is 42.5 Å². The van der Waals surface area contributed by atoms with Crippen molar-refractivity contribution < 1.29 is 9.72 Å². The molecule has 0 saturated carbocycles. The van der Waals surface area contributed by atoms with E-state index in [1.165, 1.54) is 35.6 Å². The van der Waals surface area contributed by atoms with E-state index in [9.17, 15) is 19.7 Å². The fourth-order valence-corrected chi connectivity index (χ4v) is 4.10. The fraction of sp³-hybridized carbons (Fsp3) is 0. The molecule has 4 aromatic rings. The van der Waals surface area contributed by atoms with E-state index in [1.54, 1.807) is 12.1 Å². The smallest absolute Gasteiger partial charge is 0.269 e. The molecule has 3 aromatic carbocycles. The van der Waals surface area contributed by atoms with Gasteiger partial charge in [-0.15, -0.1) is 11.3 Å². The van der Waals surface area contributed by atoms with Crippen LogP contribution < -0.4 is 10.7 Å². The molecule has 0 atom stereocenters. The summed E-state index contributed by atoms with van der Waals surface area (Å²) in [6.45, 7) is 0. The SMILES string of the molecule is O=C(Nc1sc2ccccc2c(=O)c1-c1ccccc1)c1ccc([N+](=O)[O-])cc1. The van der Waals surface area contributed by atoms with Crippen molar-refractivity contribution >= 4 is 38.0 Å². The van der Waals surface area contributed by atoms with Crippen molar-refractivity contribution in [2.75, 3.05) is 5.32 Å². The van der Waals surface area contributed by atoms with Gasteiger partial charge in [0.2, 0.25) is 0 Å². The minimum atomic E-state index is -0.524. The van der Waals surface area contributed by atoms with Crippen LogP contribution in [-0.4, -0.2) is 10.8 Å². The Kier molecular flexibility index (Phi) is 4.88. The molecule has 6 nitrogen and oxygen atoms in total. The van der Waals surface area contributed by atoms with Crippen molar-refractivity contribution in [2.24, 2.45) is 0 Å². The Bertz CT molecular complexity index is 1280. The molecule has 1 amide bonds. The maximum absolute atomic E-state index is 13.2. The molecular formula is C22H14N2O4S. The second-order valence-electron chi connectivity index (χ2n) is 6.26. The minimum absolute atomic E-state index is 0.0955. The van der Waals surface area contributed by atoms with Crippen LogP contribution in [0.5, 0.6) is 0 Å². The number of nitro benzene ring substituents is 1. The average Bonchev–Trinajstić information content (AvgIpc) is 2.74. The molecule has 0 spiro atoms. The lowest BCUT2D eigenvalue weighted by atomic mass is 10.1. The minimum Gasteiger partial charge on any atom is -0.313 e. The van der Waals surface area contributed by atoms with E-state index >= 15 is 0 Å². The van der Waals surface area contributed by atoms with Gasteiger partial charge in [-0.3, -0.25) is 19.7 Å². The summed E-state index contributed by atoms with van der Waals surface area (Å²) in [6, 6.07) is 21.7. The highest BCUT2D eigenvalue weighted by atomic mass is 32.1. The lowest BCUT2D eigenvalue weighted by molar-refractivity contribution is -0.384. The number of hydrogen-bond donors (Lipinski definition) is 1. The Balaban J connectivity index is 1.81. The monoisotopic (exact) mass is 402 g/mol. The quantitative estimate of drug-likeness (QED) is 0.380. The van der Waals surface area contributed by atoms with Crippen molar-refractivity contribution in [3.63, 3.8) is 0 Å². The van der Waals surface area contributed by atoms with Gasteiger partial charge in [-0.05, 0) is 29.8 Å². The largest absolute Gasteiger partial charge is 0.313 e. The normalized spacial score (nSPS) is 10.6. The number of benzene rings is 3. The van der Waals surface area contributed by atoms with Gasteiger partial charge in [0.05, 0.1) is 10.5 Å². The average molecular weight is 402 g/mol. The number of non-ortho nitro benzene ring substituents is 1. The van der Waals surface area contributed by atoms with Crippen LogP contribution in [0.15, 0.2) is 83.7 Å². The molecule has 29 heavy (non-hydrogen) atoms. The van der Waals surface area contributed by atoms with Crippen LogP contribution in [0.1, 0.15) is 10.4 Å².